The fourth-order valence-corrected chi connectivity index (χ4v) is 0.765. The van der Waals surface area contributed by atoms with Crippen molar-refractivity contribution >= 4 is 5.78 Å². The number of carbonyl (C=O) groups is 1. The topological polar surface area (TPSA) is 46.5 Å². The third-order valence-electron chi connectivity index (χ3n) is 1.69. The number of ether oxygens (including phenoxy) is 1. The molecule has 0 rings (SSSR count). The van der Waals surface area contributed by atoms with Crippen molar-refractivity contribution in [1.82, 2.24) is 0 Å². The van der Waals surface area contributed by atoms with E-state index in [1.54, 1.807) is 20.8 Å². The monoisotopic (exact) mass is 366 g/mol. The number of aliphatic hydroxyl groups excluding tert-OH is 1. The summed E-state index contributed by atoms with van der Waals surface area (Å²) in [5.41, 5.74) is 0. The molecule has 80 valence electrons. The van der Waals surface area contributed by atoms with Gasteiger partial charge in [-0.05, 0) is 13.8 Å². The summed E-state index contributed by atoms with van der Waals surface area (Å²) in [5, 5.41) is 9.38. The van der Waals surface area contributed by atoms with Gasteiger partial charge in [-0.3, -0.25) is 4.79 Å². The van der Waals surface area contributed by atoms with Crippen LogP contribution in [0.25, 0.3) is 0 Å². The predicted octanol–water partition coefficient (Wildman–Crippen LogP) is 2.08. The van der Waals surface area contributed by atoms with Gasteiger partial charge in [0.2, 0.25) is 0 Å². The van der Waals surface area contributed by atoms with Crippen molar-refractivity contribution in [2.75, 3.05) is 6.61 Å². The molecule has 0 aliphatic heterocycles. The van der Waals surface area contributed by atoms with Crippen LogP contribution >= 0.6 is 0 Å². The van der Waals surface area contributed by atoms with Crippen LogP contribution in [0.3, 0.4) is 0 Å². The number of carbonyl (C=O) groups excluding carboxylic acids is 1. The van der Waals surface area contributed by atoms with Crippen molar-refractivity contribution in [3.05, 3.63) is 11.8 Å². The Balaban J connectivity index is 0. The number of hydrogen-bond acceptors (Lipinski definition) is 3. The van der Waals surface area contributed by atoms with Gasteiger partial charge in [-0.25, -0.2) is 0 Å². The molecule has 1 unspecified atom stereocenters. The molecule has 0 bridgehead atoms. The van der Waals surface area contributed by atoms with Gasteiger partial charge in [-0.15, -0.1) is 0 Å². The van der Waals surface area contributed by atoms with Crippen molar-refractivity contribution in [3.63, 3.8) is 0 Å². The Morgan fingerprint density at radius 2 is 1.93 bits per heavy atom. The summed E-state index contributed by atoms with van der Waals surface area (Å²) in [7, 11) is 0. The van der Waals surface area contributed by atoms with Gasteiger partial charge in [-0.1, -0.05) is 13.8 Å². The van der Waals surface area contributed by atoms with Crippen LogP contribution in [0.15, 0.2) is 11.8 Å². The number of hydrogen-bond donors (Lipinski definition) is 1. The van der Waals surface area contributed by atoms with E-state index in [2.05, 4.69) is 0 Å². The molecule has 0 saturated carbocycles. The quantitative estimate of drug-likeness (QED) is 0.461. The normalized spacial score (nSPS) is 13.6. The average molecular weight is 365 g/mol. The van der Waals surface area contributed by atoms with Gasteiger partial charge < -0.3 is 9.84 Å². The van der Waals surface area contributed by atoms with E-state index in [4.69, 9.17) is 4.74 Å². The van der Waals surface area contributed by atoms with E-state index in [1.165, 1.54) is 6.08 Å². The molecule has 0 amide bonds. The van der Waals surface area contributed by atoms with Gasteiger partial charge in [0.1, 0.15) is 11.9 Å². The molecule has 1 N–H and O–H groups in total. The molecule has 0 radical (unpaired) electrons. The molecule has 0 saturated heterocycles. The average Bonchev–Trinajstić information content (AvgIpc) is 2.04. The van der Waals surface area contributed by atoms with Gasteiger partial charge in [-0.2, -0.15) is 0 Å². The van der Waals surface area contributed by atoms with Crippen molar-refractivity contribution in [1.29, 1.82) is 0 Å². The van der Waals surface area contributed by atoms with E-state index >= 15 is 0 Å². The first-order chi connectivity index (χ1) is 5.99. The van der Waals surface area contributed by atoms with E-state index in [-0.39, 0.29) is 43.3 Å². The Labute approximate surface area is 104 Å². The molecule has 1 atom stereocenters. The molecule has 3 nitrogen and oxygen atoms in total. The number of aliphatic hydroxyl groups is 1. The molecule has 0 aliphatic carbocycles. The van der Waals surface area contributed by atoms with Crippen LogP contribution in [0.4, 0.5) is 0 Å². The molecular formula is C10H18HfO3. The summed E-state index contributed by atoms with van der Waals surface area (Å²) in [4.78, 5) is 11.2. The van der Waals surface area contributed by atoms with Gasteiger partial charge >= 0.3 is 0 Å². The van der Waals surface area contributed by atoms with E-state index < -0.39 is 6.10 Å². The van der Waals surface area contributed by atoms with Crippen LogP contribution in [0.1, 0.15) is 27.7 Å². The Morgan fingerprint density at radius 1 is 1.43 bits per heavy atom. The fraction of sp³-hybridized carbons (Fsp3) is 0.700. The second-order valence-electron chi connectivity index (χ2n) is 3.22. The molecule has 4 heteroatoms. The van der Waals surface area contributed by atoms with Crippen LogP contribution in [-0.4, -0.2) is 23.6 Å². The summed E-state index contributed by atoms with van der Waals surface area (Å²) in [6, 6.07) is 0. The third-order valence-corrected chi connectivity index (χ3v) is 1.69. The van der Waals surface area contributed by atoms with Crippen molar-refractivity contribution < 1.29 is 40.5 Å². The summed E-state index contributed by atoms with van der Waals surface area (Å²) >= 11 is 0. The van der Waals surface area contributed by atoms with Crippen LogP contribution in [-0.2, 0) is 35.4 Å². The Hall–Kier alpha value is 0.0401. The largest absolute Gasteiger partial charge is 0.509 e. The van der Waals surface area contributed by atoms with E-state index in [9.17, 15) is 9.90 Å². The van der Waals surface area contributed by atoms with Crippen LogP contribution in [0.5, 0.6) is 0 Å². The minimum absolute atomic E-state index is 0. The zero-order valence-electron chi connectivity index (χ0n) is 9.20. The maximum absolute atomic E-state index is 11.2. The number of allylic oxidation sites excluding steroid dienone is 1. The second kappa shape index (κ2) is 8.36. The van der Waals surface area contributed by atoms with Crippen molar-refractivity contribution in [2.45, 2.75) is 33.8 Å². The zero-order chi connectivity index (χ0) is 10.4. The molecule has 0 aromatic heterocycles. The zero-order valence-corrected chi connectivity index (χ0v) is 12.8. The first-order valence-corrected chi connectivity index (χ1v) is 4.55. The van der Waals surface area contributed by atoms with Gasteiger partial charge in [0.15, 0.2) is 5.78 Å². The Bertz CT molecular complexity index is 200. The molecule has 0 aromatic rings. The van der Waals surface area contributed by atoms with Crippen LogP contribution in [0.2, 0.25) is 0 Å². The number of ketones is 1. The minimum atomic E-state index is -0.396. The summed E-state index contributed by atoms with van der Waals surface area (Å²) < 4.78 is 5.11. The fourth-order valence-electron chi connectivity index (χ4n) is 0.765. The van der Waals surface area contributed by atoms with Gasteiger partial charge in [0.25, 0.3) is 0 Å². The first kappa shape index (κ1) is 16.5. The maximum Gasteiger partial charge on any atom is 0.161 e. The smallest absolute Gasteiger partial charge is 0.161 e. The second-order valence-corrected chi connectivity index (χ2v) is 3.22. The molecular weight excluding hydrogens is 347 g/mol. The van der Waals surface area contributed by atoms with Gasteiger partial charge in [0, 0.05) is 44.4 Å². The van der Waals surface area contributed by atoms with Crippen molar-refractivity contribution in [2.24, 2.45) is 5.92 Å². The first-order valence-electron chi connectivity index (χ1n) is 4.55. The van der Waals surface area contributed by atoms with E-state index in [1.807, 2.05) is 6.92 Å². The van der Waals surface area contributed by atoms with E-state index in [0.717, 1.165) is 0 Å². The molecule has 0 aliphatic rings. The van der Waals surface area contributed by atoms with E-state index in [0.29, 0.717) is 6.61 Å². The molecule has 0 aromatic carbocycles. The predicted molar refractivity (Wildman–Crippen MR) is 51.6 cm³/mol. The van der Waals surface area contributed by atoms with Crippen LogP contribution < -0.4 is 0 Å². The summed E-state index contributed by atoms with van der Waals surface area (Å²) in [6.45, 7) is 7.65. The molecule has 14 heavy (non-hydrogen) atoms. The molecule has 0 heterocycles. The Morgan fingerprint density at radius 3 is 2.29 bits per heavy atom. The van der Waals surface area contributed by atoms with Gasteiger partial charge in [0.05, 0.1) is 0 Å². The maximum atomic E-state index is 11.2. The number of rotatable bonds is 5. The summed E-state index contributed by atoms with van der Waals surface area (Å²) in [6.07, 6.45) is 0.845. The minimum Gasteiger partial charge on any atom is -0.509 e. The van der Waals surface area contributed by atoms with Crippen molar-refractivity contribution in [3.8, 4) is 0 Å². The van der Waals surface area contributed by atoms with Crippen LogP contribution in [0, 0.1) is 5.92 Å². The Kier molecular flexibility index (Phi) is 9.83. The standard InChI is InChI=1S/C10H18O3.Hf/c1-5-13-8(4)10(12)6-9(11)7(2)3;/h6-8,12H,5H2,1-4H3;/b10-6-;. The molecule has 0 spiro atoms. The molecule has 0 fully saturated rings. The third kappa shape index (κ3) is 6.49. The summed E-state index contributed by atoms with van der Waals surface area (Å²) in [5.74, 6) is -0.166. The SMILES string of the molecule is CCOC(C)/C(O)=C/C(=O)C(C)C.[Hf].